The molecule has 6 nitrogen and oxygen atoms in total. The van der Waals surface area contributed by atoms with Crippen LogP contribution in [0.2, 0.25) is 0 Å². The maximum absolute atomic E-state index is 14.6. The summed E-state index contributed by atoms with van der Waals surface area (Å²) in [6, 6.07) is 9.80. The Morgan fingerprint density at radius 2 is 1.52 bits per heavy atom. The van der Waals surface area contributed by atoms with Gasteiger partial charge < -0.3 is 11.5 Å². The molecule has 0 bridgehead atoms. The van der Waals surface area contributed by atoms with E-state index in [0.717, 1.165) is 30.3 Å². The molecule has 3 amide bonds. The van der Waals surface area contributed by atoms with Gasteiger partial charge in [-0.2, -0.15) is 0 Å². The molecular weight excluding hydrogens is 440 g/mol. The number of fused-ring (bicyclic) bond motifs is 1. The fourth-order valence-electron chi connectivity index (χ4n) is 3.44. The topological polar surface area (TPSA) is 102 Å². The molecule has 0 atom stereocenters. The average Bonchev–Trinajstić information content (AvgIpc) is 2.75. The predicted molar refractivity (Wildman–Crippen MR) is 114 cm³/mol. The van der Waals surface area contributed by atoms with Crippen LogP contribution in [0.1, 0.15) is 10.4 Å². The molecule has 4 aromatic rings. The number of amides is 3. The van der Waals surface area contributed by atoms with E-state index >= 15 is 0 Å². The molecule has 0 saturated carbocycles. The van der Waals surface area contributed by atoms with Crippen molar-refractivity contribution < 1.29 is 27.2 Å². The predicted octanol–water partition coefficient (Wildman–Crippen LogP) is 4.77. The van der Waals surface area contributed by atoms with Gasteiger partial charge in [-0.3, -0.25) is 4.79 Å². The minimum absolute atomic E-state index is 0.0767. The van der Waals surface area contributed by atoms with E-state index in [2.05, 4.69) is 4.98 Å². The normalized spacial score (nSPS) is 10.9. The highest BCUT2D eigenvalue weighted by Crippen LogP contribution is 2.36. The summed E-state index contributed by atoms with van der Waals surface area (Å²) in [4.78, 5) is 28.6. The van der Waals surface area contributed by atoms with Gasteiger partial charge in [0.25, 0.3) is 0 Å². The zero-order valence-electron chi connectivity index (χ0n) is 16.7. The summed E-state index contributed by atoms with van der Waals surface area (Å²) in [6.45, 7) is 0. The van der Waals surface area contributed by atoms with Gasteiger partial charge in [0.15, 0.2) is 0 Å². The minimum atomic E-state index is -1.28. The number of urea groups is 1. The monoisotopic (exact) mass is 454 g/mol. The number of hydrogen-bond acceptors (Lipinski definition) is 3. The first-order valence-corrected chi connectivity index (χ1v) is 9.41. The highest BCUT2D eigenvalue weighted by molar-refractivity contribution is 6.05. The zero-order chi connectivity index (χ0) is 23.9. The van der Waals surface area contributed by atoms with Gasteiger partial charge in [-0.05, 0) is 47.9 Å². The van der Waals surface area contributed by atoms with Gasteiger partial charge in [0, 0.05) is 22.6 Å². The van der Waals surface area contributed by atoms with Crippen molar-refractivity contribution in [1.82, 2.24) is 4.98 Å². The summed E-state index contributed by atoms with van der Waals surface area (Å²) in [5, 5.41) is 0.533. The smallest absolute Gasteiger partial charge is 0.325 e. The van der Waals surface area contributed by atoms with Crippen LogP contribution in [0.4, 0.5) is 33.9 Å². The summed E-state index contributed by atoms with van der Waals surface area (Å²) < 4.78 is 57.1. The summed E-state index contributed by atoms with van der Waals surface area (Å²) in [7, 11) is 0. The SMILES string of the molecule is NC(=O)c1ccc2c(-c3ccc(F)cc3F)nc(N(C(N)=O)c3c(F)cccc3F)cc2c1. The fraction of sp³-hybridized carbons (Fsp3) is 0. The van der Waals surface area contributed by atoms with Gasteiger partial charge in [0.2, 0.25) is 5.91 Å². The molecule has 33 heavy (non-hydrogen) atoms. The molecular formula is C23H14F4N4O2. The lowest BCUT2D eigenvalue weighted by atomic mass is 10.0. The number of carbonyl (C=O) groups is 2. The molecule has 0 aliphatic heterocycles. The Morgan fingerprint density at radius 3 is 2.12 bits per heavy atom. The fourth-order valence-corrected chi connectivity index (χ4v) is 3.44. The molecule has 0 aliphatic carbocycles. The van der Waals surface area contributed by atoms with Crippen LogP contribution in [0.5, 0.6) is 0 Å². The van der Waals surface area contributed by atoms with E-state index in [0.29, 0.717) is 16.4 Å². The molecule has 0 radical (unpaired) electrons. The third kappa shape index (κ3) is 3.93. The molecule has 10 heteroatoms. The molecule has 4 rings (SSSR count). The number of anilines is 2. The maximum atomic E-state index is 14.6. The number of pyridine rings is 1. The first-order valence-electron chi connectivity index (χ1n) is 9.41. The van der Waals surface area contributed by atoms with E-state index in [1.807, 2.05) is 0 Å². The lowest BCUT2D eigenvalue weighted by Gasteiger charge is -2.22. The number of nitrogens with zero attached hydrogens (tertiary/aromatic N) is 2. The van der Waals surface area contributed by atoms with E-state index in [1.165, 1.54) is 24.3 Å². The van der Waals surface area contributed by atoms with E-state index < -0.39 is 40.9 Å². The van der Waals surface area contributed by atoms with E-state index in [4.69, 9.17) is 11.5 Å². The number of hydrogen-bond donors (Lipinski definition) is 2. The van der Waals surface area contributed by atoms with Gasteiger partial charge in [-0.15, -0.1) is 0 Å². The van der Waals surface area contributed by atoms with E-state index in [1.54, 1.807) is 0 Å². The number of primary amides is 2. The van der Waals surface area contributed by atoms with E-state index in [9.17, 15) is 27.2 Å². The second-order valence-electron chi connectivity index (χ2n) is 7.00. The van der Waals surface area contributed by atoms with Crippen molar-refractivity contribution in [3.8, 4) is 11.3 Å². The van der Waals surface area contributed by atoms with Crippen molar-refractivity contribution in [3.05, 3.63) is 89.5 Å². The van der Waals surface area contributed by atoms with Crippen LogP contribution in [0.25, 0.3) is 22.0 Å². The first-order chi connectivity index (χ1) is 15.7. The lowest BCUT2D eigenvalue weighted by molar-refractivity contribution is 0.100. The Bertz CT molecular complexity index is 1420. The standard InChI is InChI=1S/C23H14F4N4O2/c24-13-5-7-15(18(27)10-13)20-14-6-4-11(22(28)32)8-12(14)9-19(30-20)31(23(29)33)21-16(25)2-1-3-17(21)26/h1-10H,(H2,28,32)(H2,29,33). The number of aromatic nitrogens is 1. The van der Waals surface area contributed by atoms with Crippen LogP contribution in [0.15, 0.2) is 60.7 Å². The third-order valence-electron chi connectivity index (χ3n) is 4.90. The number of nitrogens with two attached hydrogens (primary N) is 2. The summed E-state index contributed by atoms with van der Waals surface area (Å²) in [5.74, 6) is -5.13. The molecule has 0 aliphatic rings. The molecule has 4 N–H and O–H groups in total. The molecule has 1 heterocycles. The van der Waals surface area contributed by atoms with Gasteiger partial charge >= 0.3 is 6.03 Å². The van der Waals surface area contributed by atoms with Crippen molar-refractivity contribution >= 4 is 34.2 Å². The number of benzene rings is 3. The summed E-state index contributed by atoms with van der Waals surface area (Å²) in [5.41, 5.74) is 9.78. The molecule has 0 saturated heterocycles. The highest BCUT2D eigenvalue weighted by Gasteiger charge is 2.26. The Balaban J connectivity index is 2.08. The Morgan fingerprint density at radius 1 is 0.818 bits per heavy atom. The molecule has 1 aromatic heterocycles. The van der Waals surface area contributed by atoms with Gasteiger partial charge in [-0.25, -0.2) is 32.2 Å². The molecule has 0 unspecified atom stereocenters. The quantitative estimate of drug-likeness (QED) is 0.434. The van der Waals surface area contributed by atoms with Crippen LogP contribution in [-0.4, -0.2) is 16.9 Å². The van der Waals surface area contributed by atoms with Gasteiger partial charge in [-0.1, -0.05) is 12.1 Å². The summed E-state index contributed by atoms with van der Waals surface area (Å²) in [6.07, 6.45) is 0. The zero-order valence-corrected chi connectivity index (χ0v) is 16.7. The number of halogens is 4. The van der Waals surface area contributed by atoms with Crippen LogP contribution in [-0.2, 0) is 0 Å². The highest BCUT2D eigenvalue weighted by atomic mass is 19.1. The lowest BCUT2D eigenvalue weighted by Crippen LogP contribution is -2.33. The van der Waals surface area contributed by atoms with Gasteiger partial charge in [0.05, 0.1) is 5.69 Å². The average molecular weight is 454 g/mol. The second-order valence-corrected chi connectivity index (χ2v) is 7.00. The van der Waals surface area contributed by atoms with Crippen LogP contribution in [0.3, 0.4) is 0 Å². The first kappa shape index (κ1) is 21.8. The van der Waals surface area contributed by atoms with Crippen molar-refractivity contribution in [3.63, 3.8) is 0 Å². The van der Waals surface area contributed by atoms with Crippen LogP contribution < -0.4 is 16.4 Å². The largest absolute Gasteiger partial charge is 0.366 e. The molecule has 166 valence electrons. The van der Waals surface area contributed by atoms with Crippen molar-refractivity contribution in [1.29, 1.82) is 0 Å². The van der Waals surface area contributed by atoms with Gasteiger partial charge in [0.1, 0.15) is 34.8 Å². The minimum Gasteiger partial charge on any atom is -0.366 e. The second kappa shape index (κ2) is 8.23. The Labute approximate surface area is 184 Å². The Kier molecular flexibility index (Phi) is 5.42. The van der Waals surface area contributed by atoms with Crippen LogP contribution >= 0.6 is 0 Å². The van der Waals surface area contributed by atoms with Crippen LogP contribution in [0, 0.1) is 23.3 Å². The number of para-hydroxylation sites is 1. The summed E-state index contributed by atoms with van der Waals surface area (Å²) >= 11 is 0. The Hall–Kier alpha value is -4.47. The van der Waals surface area contributed by atoms with Crippen molar-refractivity contribution in [2.75, 3.05) is 4.90 Å². The molecule has 0 fully saturated rings. The number of rotatable bonds is 4. The van der Waals surface area contributed by atoms with Crippen molar-refractivity contribution in [2.45, 2.75) is 0 Å². The number of carbonyl (C=O) groups excluding carboxylic acids is 2. The third-order valence-corrected chi connectivity index (χ3v) is 4.90. The maximum Gasteiger partial charge on any atom is 0.325 e. The van der Waals surface area contributed by atoms with Crippen molar-refractivity contribution in [2.24, 2.45) is 11.5 Å². The molecule has 0 spiro atoms. The van der Waals surface area contributed by atoms with E-state index in [-0.39, 0.29) is 28.0 Å². The molecule has 3 aromatic carbocycles.